The van der Waals surface area contributed by atoms with Gasteiger partial charge >= 0.3 is 60.2 Å². The van der Waals surface area contributed by atoms with E-state index in [1.807, 2.05) is 0 Å². The van der Waals surface area contributed by atoms with Gasteiger partial charge in [-0.15, -0.1) is 0 Å². The Hall–Kier alpha value is 1.41. The molecular formula is C3H5Cl3Sn. The van der Waals surface area contributed by atoms with Crippen LogP contribution in [0, 0.1) is 0 Å². The standard InChI is InChI=1S/C3H5.3ClH.Sn/c1-3-2;;;;/h3H,1-2H2;3*1H;/q;;;;+3/p-3/i1D;;;;. The molecule has 0 rings (SSSR count). The van der Waals surface area contributed by atoms with Crippen LogP contribution in [-0.4, -0.2) is 15.0 Å². The summed E-state index contributed by atoms with van der Waals surface area (Å²) in [5.41, 5.74) is 0. The molecule has 7 heavy (non-hydrogen) atoms. The van der Waals surface area contributed by atoms with Gasteiger partial charge in [0.2, 0.25) is 0 Å². The van der Waals surface area contributed by atoms with E-state index in [2.05, 4.69) is 6.58 Å². The van der Waals surface area contributed by atoms with Gasteiger partial charge in [-0.05, 0) is 0 Å². The van der Waals surface area contributed by atoms with Gasteiger partial charge in [-0.1, -0.05) is 0 Å². The van der Waals surface area contributed by atoms with Crippen LogP contribution in [0.3, 0.4) is 0 Å². The average Bonchev–Trinajstić information content (AvgIpc) is 1.62. The third-order valence-electron chi connectivity index (χ3n) is 0.307. The molecule has 0 saturated carbocycles. The van der Waals surface area contributed by atoms with E-state index >= 15 is 0 Å². The van der Waals surface area contributed by atoms with E-state index in [0.29, 0.717) is 0 Å². The van der Waals surface area contributed by atoms with Crippen LogP contribution in [0.15, 0.2) is 12.7 Å². The first-order chi connectivity index (χ1) is 3.48. The fourth-order valence-corrected chi connectivity index (χ4v) is 2.69. The Balaban J connectivity index is 3.80. The quantitative estimate of drug-likeness (QED) is 0.533. The van der Waals surface area contributed by atoms with Crippen LogP contribution in [0.5, 0.6) is 0 Å². The molecule has 0 amide bonds. The van der Waals surface area contributed by atoms with Crippen molar-refractivity contribution in [2.75, 3.05) is 0 Å². The first-order valence-corrected chi connectivity index (χ1v) is 14.1. The Morgan fingerprint density at radius 2 is 2.14 bits per heavy atom. The zero-order valence-electron chi connectivity index (χ0n) is 4.50. The molecule has 0 bridgehead atoms. The van der Waals surface area contributed by atoms with Gasteiger partial charge in [0.25, 0.3) is 0 Å². The third-order valence-corrected chi connectivity index (χ3v) is 4.59. The molecule has 0 radical (unpaired) electrons. The number of allylic oxidation sites excluding steroid dienone is 1. The van der Waals surface area contributed by atoms with Crippen molar-refractivity contribution in [3.63, 3.8) is 0 Å². The second-order valence-electron chi connectivity index (χ2n) is 0.944. The molecule has 0 aromatic rings. The molecule has 0 aromatic carbocycles. The SMILES string of the molecule is [2H][CH](C=C)[Sn]([Cl])([Cl])[Cl]. The minimum absolute atomic E-state index is 0.630. The van der Waals surface area contributed by atoms with Crippen LogP contribution in [0.2, 0.25) is 4.41 Å². The van der Waals surface area contributed by atoms with Crippen LogP contribution in [-0.2, 0) is 0 Å². The van der Waals surface area contributed by atoms with Crippen molar-refractivity contribution in [3.8, 4) is 0 Å². The van der Waals surface area contributed by atoms with Crippen LogP contribution in [0.4, 0.5) is 0 Å². The van der Waals surface area contributed by atoms with E-state index in [4.69, 9.17) is 28.1 Å². The Kier molecular flexibility index (Phi) is 3.21. The van der Waals surface area contributed by atoms with Gasteiger partial charge in [0.1, 0.15) is 0 Å². The molecule has 0 heterocycles. The topological polar surface area (TPSA) is 0 Å². The predicted molar refractivity (Wildman–Crippen MR) is 38.3 cm³/mol. The van der Waals surface area contributed by atoms with Crippen LogP contribution < -0.4 is 0 Å². The summed E-state index contributed by atoms with van der Waals surface area (Å²) < 4.78 is 6.42. The third kappa shape index (κ3) is 7.41. The summed E-state index contributed by atoms with van der Waals surface area (Å²) in [6, 6.07) is 0. The van der Waals surface area contributed by atoms with Gasteiger partial charge in [-0.25, -0.2) is 0 Å². The van der Waals surface area contributed by atoms with Crippen LogP contribution >= 0.6 is 26.8 Å². The Morgan fingerprint density at radius 3 is 2.14 bits per heavy atom. The Morgan fingerprint density at radius 1 is 1.71 bits per heavy atom. The normalized spacial score (nSPS) is 17.9. The molecule has 4 heteroatoms. The Labute approximate surface area is 59.9 Å². The zero-order valence-corrected chi connectivity index (χ0v) is 8.62. The first kappa shape index (κ1) is 6.53. The Bertz CT molecular complexity index is 89.0. The summed E-state index contributed by atoms with van der Waals surface area (Å²) in [7, 11) is 16.4. The van der Waals surface area contributed by atoms with Crippen molar-refractivity contribution in [3.05, 3.63) is 12.7 Å². The molecule has 0 N–H and O–H groups in total. The van der Waals surface area contributed by atoms with Gasteiger partial charge in [-0.2, -0.15) is 0 Å². The number of hydrogen-bond acceptors (Lipinski definition) is 0. The van der Waals surface area contributed by atoms with E-state index in [0.717, 1.165) is 0 Å². The molecular weight excluding hydrogens is 261 g/mol. The van der Waals surface area contributed by atoms with E-state index in [1.165, 1.54) is 6.08 Å². The van der Waals surface area contributed by atoms with Crippen molar-refractivity contribution < 1.29 is 1.37 Å². The van der Waals surface area contributed by atoms with Crippen molar-refractivity contribution in [2.45, 2.75) is 4.41 Å². The minimum atomic E-state index is -3.45. The van der Waals surface area contributed by atoms with Crippen molar-refractivity contribution in [1.29, 1.82) is 0 Å². The van der Waals surface area contributed by atoms with Crippen molar-refractivity contribution in [2.24, 2.45) is 0 Å². The number of hydrogen-bond donors (Lipinski definition) is 0. The van der Waals surface area contributed by atoms with E-state index in [9.17, 15) is 0 Å². The number of halogens is 3. The molecule has 1 atom stereocenters. The summed E-state index contributed by atoms with van der Waals surface area (Å²) in [5.74, 6) is 0. The molecule has 0 aromatic heterocycles. The number of rotatable bonds is 2. The summed E-state index contributed by atoms with van der Waals surface area (Å²) in [4.78, 5) is 0. The second kappa shape index (κ2) is 3.44. The zero-order chi connectivity index (χ0) is 6.78. The van der Waals surface area contributed by atoms with Crippen LogP contribution in [0.1, 0.15) is 1.37 Å². The molecule has 0 aliphatic heterocycles. The predicted octanol–water partition coefficient (Wildman–Crippen LogP) is 2.83. The summed E-state index contributed by atoms with van der Waals surface area (Å²) in [6.07, 6.45) is 1.36. The first-order valence-electron chi connectivity index (χ1n) is 2.17. The maximum atomic E-state index is 7.05. The van der Waals surface area contributed by atoms with E-state index < -0.39 is 19.4 Å². The molecule has 0 saturated heterocycles. The van der Waals surface area contributed by atoms with Crippen LogP contribution in [0.25, 0.3) is 0 Å². The fourth-order valence-electron chi connectivity index (χ4n) is 0.134. The molecule has 0 aliphatic carbocycles. The second-order valence-corrected chi connectivity index (χ2v) is 20.9. The average molecular weight is 267 g/mol. The molecule has 1 unspecified atom stereocenters. The monoisotopic (exact) mass is 267 g/mol. The fraction of sp³-hybridized carbons (Fsp3) is 0.333. The van der Waals surface area contributed by atoms with Gasteiger partial charge in [0.15, 0.2) is 0 Å². The van der Waals surface area contributed by atoms with Gasteiger partial charge < -0.3 is 0 Å². The maximum absolute atomic E-state index is 7.05. The van der Waals surface area contributed by atoms with Crippen molar-refractivity contribution >= 4 is 41.8 Å². The summed E-state index contributed by atoms with van der Waals surface area (Å²) >= 11 is -3.45. The van der Waals surface area contributed by atoms with E-state index in [1.54, 1.807) is 0 Å². The van der Waals surface area contributed by atoms with Gasteiger partial charge in [0, 0.05) is 0 Å². The summed E-state index contributed by atoms with van der Waals surface area (Å²) in [5, 5.41) is 0. The van der Waals surface area contributed by atoms with Crippen molar-refractivity contribution in [1.82, 2.24) is 0 Å². The molecule has 42 valence electrons. The molecule has 0 nitrogen and oxygen atoms in total. The molecule has 0 spiro atoms. The molecule has 0 aliphatic rings. The van der Waals surface area contributed by atoms with E-state index in [-0.39, 0.29) is 0 Å². The van der Waals surface area contributed by atoms with Gasteiger partial charge in [-0.3, -0.25) is 0 Å². The molecule has 0 fully saturated rings. The summed E-state index contributed by atoms with van der Waals surface area (Å²) in [6.45, 7) is 3.34. The van der Waals surface area contributed by atoms with Gasteiger partial charge in [0.05, 0.1) is 0 Å².